The van der Waals surface area contributed by atoms with Gasteiger partial charge in [0.05, 0.1) is 0 Å². The van der Waals surface area contributed by atoms with E-state index < -0.39 is 10.1 Å². The van der Waals surface area contributed by atoms with Gasteiger partial charge in [-0.25, -0.2) is 4.98 Å². The monoisotopic (exact) mass is 240 g/mol. The van der Waals surface area contributed by atoms with Gasteiger partial charge in [0.25, 0.3) is 10.1 Å². The molecule has 2 rings (SSSR count). The summed E-state index contributed by atoms with van der Waals surface area (Å²) < 4.78 is 31.1. The standard InChI is InChI=1S/C9H8N2O4S/c10-8-4-1-5-7(16(13,14)15)3-2-6(12)9(5)11-8/h1-4,12H,(H2,10,11)(H,13,14,15). The quantitative estimate of drug-likeness (QED) is 0.634. The molecule has 0 amide bonds. The number of pyridine rings is 1. The van der Waals surface area contributed by atoms with Crippen LogP contribution in [-0.4, -0.2) is 23.1 Å². The fourth-order valence-electron chi connectivity index (χ4n) is 1.42. The van der Waals surface area contributed by atoms with E-state index in [0.29, 0.717) is 0 Å². The number of nitrogens with zero attached hydrogens (tertiary/aromatic N) is 1. The van der Waals surface area contributed by atoms with Crippen LogP contribution in [0, 0.1) is 0 Å². The third kappa shape index (κ3) is 1.66. The van der Waals surface area contributed by atoms with Crippen molar-refractivity contribution in [1.82, 2.24) is 4.98 Å². The molecule has 0 saturated carbocycles. The molecule has 0 radical (unpaired) electrons. The zero-order chi connectivity index (χ0) is 11.9. The summed E-state index contributed by atoms with van der Waals surface area (Å²) in [4.78, 5) is 3.49. The van der Waals surface area contributed by atoms with Crippen LogP contribution in [0.25, 0.3) is 10.9 Å². The zero-order valence-corrected chi connectivity index (χ0v) is 8.77. The minimum Gasteiger partial charge on any atom is -0.506 e. The Kier molecular flexibility index (Phi) is 2.21. The summed E-state index contributed by atoms with van der Waals surface area (Å²) in [5.74, 6) is -0.0509. The first-order valence-electron chi connectivity index (χ1n) is 4.25. The van der Waals surface area contributed by atoms with Crippen LogP contribution in [0.15, 0.2) is 29.2 Å². The van der Waals surface area contributed by atoms with E-state index in [2.05, 4.69) is 4.98 Å². The van der Waals surface area contributed by atoms with Gasteiger partial charge in [0.1, 0.15) is 22.0 Å². The summed E-state index contributed by atoms with van der Waals surface area (Å²) in [7, 11) is -4.35. The van der Waals surface area contributed by atoms with Gasteiger partial charge in [0, 0.05) is 5.39 Å². The Labute approximate surface area is 91.1 Å². The fraction of sp³-hybridized carbons (Fsp3) is 0. The lowest BCUT2D eigenvalue weighted by Gasteiger charge is -2.05. The number of nitrogen functional groups attached to an aromatic ring is 1. The van der Waals surface area contributed by atoms with E-state index in [4.69, 9.17) is 10.3 Å². The molecule has 0 aliphatic carbocycles. The van der Waals surface area contributed by atoms with Crippen LogP contribution in [0.1, 0.15) is 0 Å². The summed E-state index contributed by atoms with van der Waals surface area (Å²) in [6.07, 6.45) is 0. The lowest BCUT2D eigenvalue weighted by molar-refractivity contribution is 0.478. The molecule has 1 aromatic carbocycles. The number of phenolic OH excluding ortho intramolecular Hbond substituents is 1. The van der Waals surface area contributed by atoms with E-state index in [1.165, 1.54) is 12.1 Å². The van der Waals surface area contributed by atoms with Crippen molar-refractivity contribution in [2.45, 2.75) is 4.90 Å². The first kappa shape index (κ1) is 10.7. The number of hydrogen-bond donors (Lipinski definition) is 3. The summed E-state index contributed by atoms with van der Waals surface area (Å²) in [5.41, 5.74) is 5.45. The molecule has 0 fully saturated rings. The molecule has 4 N–H and O–H groups in total. The van der Waals surface area contributed by atoms with Gasteiger partial charge in [-0.3, -0.25) is 4.55 Å². The van der Waals surface area contributed by atoms with Gasteiger partial charge in [0.2, 0.25) is 0 Å². The number of hydrogen-bond acceptors (Lipinski definition) is 5. The summed E-state index contributed by atoms with van der Waals surface area (Å²) >= 11 is 0. The van der Waals surface area contributed by atoms with Crippen LogP contribution >= 0.6 is 0 Å². The van der Waals surface area contributed by atoms with E-state index in [0.717, 1.165) is 12.1 Å². The number of benzene rings is 1. The van der Waals surface area contributed by atoms with Gasteiger partial charge in [0.15, 0.2) is 0 Å². The lowest BCUT2D eigenvalue weighted by Crippen LogP contribution is -2.00. The van der Waals surface area contributed by atoms with E-state index in [-0.39, 0.29) is 27.4 Å². The predicted molar refractivity (Wildman–Crippen MR) is 57.6 cm³/mol. The topological polar surface area (TPSA) is 114 Å². The summed E-state index contributed by atoms with van der Waals surface area (Å²) in [5, 5.41) is 9.61. The molecular weight excluding hydrogens is 232 g/mol. The Balaban J connectivity index is 2.96. The van der Waals surface area contributed by atoms with Gasteiger partial charge in [-0.05, 0) is 24.3 Å². The Morgan fingerprint density at radius 1 is 1.19 bits per heavy atom. The Bertz CT molecular complexity index is 667. The van der Waals surface area contributed by atoms with Crippen molar-refractivity contribution in [3.8, 4) is 5.75 Å². The minimum atomic E-state index is -4.35. The molecule has 0 saturated heterocycles. The molecule has 0 unspecified atom stereocenters. The Morgan fingerprint density at radius 3 is 2.50 bits per heavy atom. The smallest absolute Gasteiger partial charge is 0.295 e. The van der Waals surface area contributed by atoms with Crippen LogP contribution in [0.4, 0.5) is 5.82 Å². The van der Waals surface area contributed by atoms with Crippen LogP contribution in [0.3, 0.4) is 0 Å². The molecule has 0 atom stereocenters. The van der Waals surface area contributed by atoms with Gasteiger partial charge < -0.3 is 10.8 Å². The molecule has 2 aromatic rings. The van der Waals surface area contributed by atoms with Crippen molar-refractivity contribution >= 4 is 26.8 Å². The molecule has 0 bridgehead atoms. The first-order chi connectivity index (χ1) is 7.39. The van der Waals surface area contributed by atoms with Crippen molar-refractivity contribution in [1.29, 1.82) is 0 Å². The number of aromatic hydroxyl groups is 1. The maximum Gasteiger partial charge on any atom is 0.295 e. The number of phenols is 1. The summed E-state index contributed by atoms with van der Waals surface area (Å²) in [6, 6.07) is 5.00. The third-order valence-corrected chi connectivity index (χ3v) is 3.01. The SMILES string of the molecule is Nc1ccc2c(S(=O)(=O)O)ccc(O)c2n1. The average molecular weight is 240 g/mol. The number of aromatic nitrogens is 1. The van der Waals surface area contributed by atoms with E-state index in [9.17, 15) is 13.5 Å². The lowest BCUT2D eigenvalue weighted by atomic mass is 10.2. The molecular formula is C9H8N2O4S. The second-order valence-corrected chi connectivity index (χ2v) is 4.58. The van der Waals surface area contributed by atoms with Crippen molar-refractivity contribution in [3.63, 3.8) is 0 Å². The van der Waals surface area contributed by atoms with Crippen molar-refractivity contribution < 1.29 is 18.1 Å². The molecule has 6 nitrogen and oxygen atoms in total. The Hall–Kier alpha value is -1.86. The van der Waals surface area contributed by atoms with Crippen LogP contribution < -0.4 is 5.73 Å². The molecule has 1 aromatic heterocycles. The zero-order valence-electron chi connectivity index (χ0n) is 7.95. The molecule has 0 aliphatic rings. The molecule has 7 heteroatoms. The van der Waals surface area contributed by atoms with Crippen molar-refractivity contribution in [2.75, 3.05) is 5.73 Å². The highest BCUT2D eigenvalue weighted by atomic mass is 32.2. The van der Waals surface area contributed by atoms with E-state index in [1.807, 2.05) is 0 Å². The van der Waals surface area contributed by atoms with Crippen LogP contribution in [0.5, 0.6) is 5.75 Å². The normalized spacial score (nSPS) is 11.8. The maximum atomic E-state index is 11.1. The highest BCUT2D eigenvalue weighted by Crippen LogP contribution is 2.29. The second kappa shape index (κ2) is 3.32. The van der Waals surface area contributed by atoms with E-state index in [1.54, 1.807) is 0 Å². The second-order valence-electron chi connectivity index (χ2n) is 3.19. The van der Waals surface area contributed by atoms with Crippen molar-refractivity contribution in [3.05, 3.63) is 24.3 Å². The van der Waals surface area contributed by atoms with Gasteiger partial charge in [-0.15, -0.1) is 0 Å². The van der Waals surface area contributed by atoms with Crippen LogP contribution in [-0.2, 0) is 10.1 Å². The minimum absolute atomic E-state index is 0.0372. The van der Waals surface area contributed by atoms with Crippen molar-refractivity contribution in [2.24, 2.45) is 0 Å². The number of fused-ring (bicyclic) bond motifs is 1. The van der Waals surface area contributed by atoms with Crippen LogP contribution in [0.2, 0.25) is 0 Å². The van der Waals surface area contributed by atoms with Gasteiger partial charge in [-0.1, -0.05) is 0 Å². The molecule has 16 heavy (non-hydrogen) atoms. The summed E-state index contributed by atoms with van der Waals surface area (Å²) in [6.45, 7) is 0. The molecule has 1 heterocycles. The number of nitrogens with two attached hydrogens (primary N) is 1. The largest absolute Gasteiger partial charge is 0.506 e. The highest BCUT2D eigenvalue weighted by molar-refractivity contribution is 7.86. The van der Waals surface area contributed by atoms with Gasteiger partial charge in [-0.2, -0.15) is 8.42 Å². The third-order valence-electron chi connectivity index (χ3n) is 2.10. The molecule has 0 spiro atoms. The molecule has 84 valence electrons. The van der Waals surface area contributed by atoms with Gasteiger partial charge >= 0.3 is 0 Å². The maximum absolute atomic E-state index is 11.1. The highest BCUT2D eigenvalue weighted by Gasteiger charge is 2.16. The number of anilines is 1. The predicted octanol–water partition coefficient (Wildman–Crippen LogP) is 0.769. The Morgan fingerprint density at radius 2 is 1.88 bits per heavy atom. The first-order valence-corrected chi connectivity index (χ1v) is 5.69. The number of rotatable bonds is 1. The average Bonchev–Trinajstić information content (AvgIpc) is 2.17. The molecule has 0 aliphatic heterocycles. The van der Waals surface area contributed by atoms with E-state index >= 15 is 0 Å². The fourth-order valence-corrected chi connectivity index (χ4v) is 2.10.